The summed E-state index contributed by atoms with van der Waals surface area (Å²) in [5, 5.41) is 4.00. The van der Waals surface area contributed by atoms with Crippen LogP contribution < -0.4 is 14.9 Å². The Kier molecular flexibility index (Phi) is 8.26. The molecule has 4 rings (SSSR count). The van der Waals surface area contributed by atoms with Gasteiger partial charge in [-0.05, 0) is 90.8 Å². The van der Waals surface area contributed by atoms with Crippen molar-refractivity contribution in [3.05, 3.63) is 129 Å². The van der Waals surface area contributed by atoms with Gasteiger partial charge in [0, 0.05) is 10.0 Å². The molecule has 4 aromatic carbocycles. The molecule has 0 unspecified atom stereocenters. The Morgan fingerprint density at radius 1 is 0.806 bits per heavy atom. The quantitative estimate of drug-likeness (QED) is 0.122. The lowest BCUT2D eigenvalue weighted by Gasteiger charge is -2.07. The molecule has 0 atom stereocenters. The Balaban J connectivity index is 1.25. The lowest BCUT2D eigenvalue weighted by Crippen LogP contribution is -2.17. The first kappa shape index (κ1) is 24.9. The van der Waals surface area contributed by atoms with E-state index in [2.05, 4.69) is 26.5 Å². The van der Waals surface area contributed by atoms with E-state index in [1.54, 1.807) is 72.8 Å². The number of esters is 1. The maximum absolute atomic E-state index is 12.4. The zero-order valence-electron chi connectivity index (χ0n) is 19.5. The first-order valence-corrected chi connectivity index (χ1v) is 12.0. The van der Waals surface area contributed by atoms with Gasteiger partial charge in [-0.3, -0.25) is 4.79 Å². The molecule has 0 saturated carbocycles. The van der Waals surface area contributed by atoms with Gasteiger partial charge >= 0.3 is 5.97 Å². The summed E-state index contributed by atoms with van der Waals surface area (Å²) in [6.45, 7) is 2.50. The molecular weight excluding hydrogens is 520 g/mol. The van der Waals surface area contributed by atoms with Gasteiger partial charge in [-0.15, -0.1) is 0 Å². The molecule has 7 heteroatoms. The van der Waals surface area contributed by atoms with E-state index in [1.807, 2.05) is 31.2 Å². The molecule has 6 nitrogen and oxygen atoms in total. The maximum atomic E-state index is 12.4. The summed E-state index contributed by atoms with van der Waals surface area (Å²) in [5.74, 6) is 0.310. The first-order valence-electron chi connectivity index (χ1n) is 11.2. The van der Waals surface area contributed by atoms with Crippen molar-refractivity contribution in [1.82, 2.24) is 5.43 Å². The van der Waals surface area contributed by atoms with Gasteiger partial charge in [-0.2, -0.15) is 5.10 Å². The van der Waals surface area contributed by atoms with E-state index in [1.165, 1.54) is 11.8 Å². The van der Waals surface area contributed by atoms with E-state index in [-0.39, 0.29) is 5.91 Å². The van der Waals surface area contributed by atoms with Crippen LogP contribution in [0.3, 0.4) is 0 Å². The summed E-state index contributed by atoms with van der Waals surface area (Å²) < 4.78 is 12.0. The zero-order valence-corrected chi connectivity index (χ0v) is 21.1. The minimum Gasteiger partial charge on any atom is -0.489 e. The van der Waals surface area contributed by atoms with Gasteiger partial charge in [0.2, 0.25) is 0 Å². The highest BCUT2D eigenvalue weighted by molar-refractivity contribution is 9.10. The molecule has 1 amide bonds. The van der Waals surface area contributed by atoms with Crippen molar-refractivity contribution >= 4 is 34.0 Å². The third-order valence-electron chi connectivity index (χ3n) is 5.19. The molecular formula is C29H23BrN2O4. The van der Waals surface area contributed by atoms with Crippen molar-refractivity contribution < 1.29 is 19.1 Å². The topological polar surface area (TPSA) is 77.0 Å². The van der Waals surface area contributed by atoms with Crippen molar-refractivity contribution in [2.45, 2.75) is 13.5 Å². The number of amides is 1. The van der Waals surface area contributed by atoms with E-state index in [9.17, 15) is 9.59 Å². The molecule has 0 aliphatic heterocycles. The second kappa shape index (κ2) is 12.0. The normalized spacial score (nSPS) is 10.7. The molecule has 36 heavy (non-hydrogen) atoms. The summed E-state index contributed by atoms with van der Waals surface area (Å²) in [5.41, 5.74) is 6.43. The largest absolute Gasteiger partial charge is 0.489 e. The van der Waals surface area contributed by atoms with Gasteiger partial charge in [0.05, 0.1) is 11.8 Å². The molecule has 0 bridgehead atoms. The van der Waals surface area contributed by atoms with Gasteiger partial charge in [0.25, 0.3) is 5.91 Å². The Morgan fingerprint density at radius 3 is 2.08 bits per heavy atom. The molecule has 4 aromatic rings. The summed E-state index contributed by atoms with van der Waals surface area (Å²) in [6.07, 6.45) is 1.51. The third kappa shape index (κ3) is 7.13. The summed E-state index contributed by atoms with van der Waals surface area (Å²) in [4.78, 5) is 24.6. The number of nitrogens with one attached hydrogen (secondary N) is 1. The standard InChI is InChI=1S/C29H23BrN2O4/c1-20-2-4-22(5-3-20)19-35-26-16-10-23(11-17-26)28(33)32-31-18-21-6-14-27(15-7-21)36-29(34)24-8-12-25(30)13-9-24/h2-18H,19H2,1H3,(H,32,33). The van der Waals surface area contributed by atoms with E-state index in [0.717, 1.165) is 15.6 Å². The van der Waals surface area contributed by atoms with Crippen LogP contribution in [0.4, 0.5) is 0 Å². The van der Waals surface area contributed by atoms with Crippen LogP contribution in [0.25, 0.3) is 0 Å². The number of nitrogens with zero attached hydrogens (tertiary/aromatic N) is 1. The van der Waals surface area contributed by atoms with Crippen LogP contribution in [0, 0.1) is 6.92 Å². The number of carbonyl (C=O) groups excluding carboxylic acids is 2. The minimum atomic E-state index is -0.442. The van der Waals surface area contributed by atoms with Crippen LogP contribution in [0.2, 0.25) is 0 Å². The molecule has 0 aliphatic rings. The number of hydrogen-bond donors (Lipinski definition) is 1. The van der Waals surface area contributed by atoms with Crippen LogP contribution in [-0.4, -0.2) is 18.1 Å². The first-order chi connectivity index (χ1) is 17.5. The Labute approximate surface area is 217 Å². The number of halogens is 1. The monoisotopic (exact) mass is 542 g/mol. The van der Waals surface area contributed by atoms with Crippen molar-refractivity contribution in [2.24, 2.45) is 5.10 Å². The molecule has 0 aliphatic carbocycles. The van der Waals surface area contributed by atoms with Gasteiger partial charge in [0.15, 0.2) is 0 Å². The molecule has 1 N–H and O–H groups in total. The molecule has 0 saturated heterocycles. The SMILES string of the molecule is Cc1ccc(COc2ccc(C(=O)NN=Cc3ccc(OC(=O)c4ccc(Br)cc4)cc3)cc2)cc1. The highest BCUT2D eigenvalue weighted by atomic mass is 79.9. The molecule has 0 aromatic heterocycles. The Hall–Kier alpha value is -4.23. The zero-order chi connectivity index (χ0) is 25.3. The minimum absolute atomic E-state index is 0.337. The van der Waals surface area contributed by atoms with Crippen molar-refractivity contribution in [1.29, 1.82) is 0 Å². The number of ether oxygens (including phenoxy) is 2. The predicted molar refractivity (Wildman–Crippen MR) is 143 cm³/mol. The van der Waals surface area contributed by atoms with Gasteiger partial charge < -0.3 is 9.47 Å². The number of hydrogen-bond acceptors (Lipinski definition) is 5. The second-order valence-electron chi connectivity index (χ2n) is 7.96. The lowest BCUT2D eigenvalue weighted by atomic mass is 10.2. The van der Waals surface area contributed by atoms with E-state index < -0.39 is 5.97 Å². The molecule has 0 fully saturated rings. The number of benzene rings is 4. The number of hydrazone groups is 1. The average molecular weight is 543 g/mol. The molecule has 0 spiro atoms. The fourth-order valence-electron chi connectivity index (χ4n) is 3.16. The van der Waals surface area contributed by atoms with Crippen molar-refractivity contribution in [3.8, 4) is 11.5 Å². The van der Waals surface area contributed by atoms with Crippen molar-refractivity contribution in [2.75, 3.05) is 0 Å². The Bertz CT molecular complexity index is 1350. The number of rotatable bonds is 8. The summed E-state index contributed by atoms with van der Waals surface area (Å²) in [6, 6.07) is 28.7. The van der Waals surface area contributed by atoms with Crippen molar-refractivity contribution in [3.63, 3.8) is 0 Å². The fourth-order valence-corrected chi connectivity index (χ4v) is 3.42. The van der Waals surface area contributed by atoms with E-state index >= 15 is 0 Å². The van der Waals surface area contributed by atoms with Crippen LogP contribution in [-0.2, 0) is 6.61 Å². The second-order valence-corrected chi connectivity index (χ2v) is 8.88. The highest BCUT2D eigenvalue weighted by Crippen LogP contribution is 2.17. The molecule has 0 heterocycles. The smallest absolute Gasteiger partial charge is 0.343 e. The highest BCUT2D eigenvalue weighted by Gasteiger charge is 2.08. The fraction of sp³-hybridized carbons (Fsp3) is 0.0690. The van der Waals surface area contributed by atoms with Crippen LogP contribution in [0.5, 0.6) is 11.5 Å². The van der Waals surface area contributed by atoms with Gasteiger partial charge in [-0.1, -0.05) is 45.8 Å². The predicted octanol–water partition coefficient (Wildman–Crippen LogP) is 6.32. The summed E-state index contributed by atoms with van der Waals surface area (Å²) >= 11 is 3.33. The number of aryl methyl sites for hydroxylation is 1. The Morgan fingerprint density at radius 2 is 1.42 bits per heavy atom. The van der Waals surface area contributed by atoms with Crippen LogP contribution in [0.1, 0.15) is 37.4 Å². The van der Waals surface area contributed by atoms with Gasteiger partial charge in [-0.25, -0.2) is 10.2 Å². The molecule has 0 radical (unpaired) electrons. The lowest BCUT2D eigenvalue weighted by molar-refractivity contribution is 0.0734. The summed E-state index contributed by atoms with van der Waals surface area (Å²) in [7, 11) is 0. The number of carbonyl (C=O) groups is 2. The van der Waals surface area contributed by atoms with Gasteiger partial charge in [0.1, 0.15) is 18.1 Å². The average Bonchev–Trinajstić information content (AvgIpc) is 2.90. The third-order valence-corrected chi connectivity index (χ3v) is 5.72. The van der Waals surface area contributed by atoms with E-state index in [4.69, 9.17) is 9.47 Å². The van der Waals surface area contributed by atoms with E-state index in [0.29, 0.717) is 29.2 Å². The maximum Gasteiger partial charge on any atom is 0.343 e. The van der Waals surface area contributed by atoms with Crippen LogP contribution >= 0.6 is 15.9 Å². The molecule has 180 valence electrons. The van der Waals surface area contributed by atoms with Crippen LogP contribution in [0.15, 0.2) is 107 Å².